The smallest absolute Gasteiger partial charge is 0.330 e. The lowest BCUT2D eigenvalue weighted by molar-refractivity contribution is -0.146. The van der Waals surface area contributed by atoms with E-state index in [1.165, 1.54) is 62.9 Å². The molecule has 11 saturated carbocycles. The van der Waals surface area contributed by atoms with Crippen LogP contribution in [0.4, 0.5) is 0 Å². The summed E-state index contributed by atoms with van der Waals surface area (Å²) in [5, 5.41) is 0. The maximum Gasteiger partial charge on any atom is 0.330 e. The molecule has 0 heterocycles. The molecular weight excluding hydrogens is 789 g/mol. The molecule has 14 bridgehead atoms. The van der Waals surface area contributed by atoms with Gasteiger partial charge in [0.25, 0.3) is 0 Å². The fraction of sp³-hybridized carbons (Fsp3) is 0.667. The summed E-state index contributed by atoms with van der Waals surface area (Å²) in [6.07, 6.45) is 63.0. The van der Waals surface area contributed by atoms with Crippen molar-refractivity contribution in [3.63, 3.8) is 0 Å². The number of hydrogen-bond acceptors (Lipinski definition) is 2. The second kappa shape index (κ2) is 15.2. The SMILES string of the molecule is C1=CC2C(C1)C1CC2C2C3C=CC(C3)C12.C1=CC2C(C1)C1CC2C2C3CC(C4C5C=CC(C5)C34)C12.C1=CC2C3C=CC(C3)C2C1.C1=CCC=C1.C=CC(=O)OC1CC2CC1C1C=CCC21. The third-order valence-corrected chi connectivity index (χ3v) is 24.3. The summed E-state index contributed by atoms with van der Waals surface area (Å²) in [7, 11) is 0. The Balaban J connectivity index is 0.0000000790. The van der Waals surface area contributed by atoms with Crippen molar-refractivity contribution < 1.29 is 9.53 Å². The molecule has 0 aromatic rings. The minimum Gasteiger partial charge on any atom is -0.459 e. The number of allylic oxidation sites excluding steroid dienone is 18. The van der Waals surface area contributed by atoms with E-state index in [4.69, 9.17) is 4.74 Å². The maximum absolute atomic E-state index is 11.2. The van der Waals surface area contributed by atoms with Gasteiger partial charge in [-0.05, 0) is 243 Å². The normalized spacial score (nSPS) is 58.0. The minimum absolute atomic E-state index is 0.157. The van der Waals surface area contributed by atoms with Crippen LogP contribution in [0, 0.1) is 166 Å². The summed E-state index contributed by atoms with van der Waals surface area (Å²) < 4.78 is 5.41. The topological polar surface area (TPSA) is 26.3 Å². The molecular formula is C63H76O2. The number of hydrogen-bond donors (Lipinski definition) is 0. The number of carbonyl (C=O) groups excluding carboxylic acids is 1. The summed E-state index contributed by atoms with van der Waals surface area (Å²) in [6.45, 7) is 3.44. The van der Waals surface area contributed by atoms with Gasteiger partial charge in [0.05, 0.1) is 0 Å². The highest BCUT2D eigenvalue weighted by Crippen LogP contribution is 2.78. The lowest BCUT2D eigenvalue weighted by Crippen LogP contribution is -2.43. The Bertz CT molecular complexity index is 2220. The summed E-state index contributed by atoms with van der Waals surface area (Å²) in [5.41, 5.74) is 0. The third kappa shape index (κ3) is 5.79. The third-order valence-electron chi connectivity index (χ3n) is 24.3. The van der Waals surface area contributed by atoms with Crippen LogP contribution in [0.5, 0.6) is 0 Å². The van der Waals surface area contributed by atoms with E-state index in [1.54, 1.807) is 25.7 Å². The van der Waals surface area contributed by atoms with Crippen molar-refractivity contribution in [3.8, 4) is 0 Å². The number of fused-ring (bicyclic) bond motifs is 41. The first-order valence-corrected chi connectivity index (χ1v) is 28.0. The molecule has 19 aliphatic carbocycles. The van der Waals surface area contributed by atoms with Crippen LogP contribution in [0.2, 0.25) is 0 Å². The highest BCUT2D eigenvalue weighted by molar-refractivity contribution is 5.81. The van der Waals surface area contributed by atoms with Crippen LogP contribution in [0.1, 0.15) is 83.5 Å². The molecule has 0 amide bonds. The lowest BCUT2D eigenvalue weighted by Gasteiger charge is -2.47. The molecule has 65 heavy (non-hydrogen) atoms. The van der Waals surface area contributed by atoms with Gasteiger partial charge in [-0.15, -0.1) is 0 Å². The van der Waals surface area contributed by atoms with Crippen LogP contribution in [0.25, 0.3) is 0 Å². The predicted octanol–water partition coefficient (Wildman–Crippen LogP) is 13.6. The van der Waals surface area contributed by atoms with Crippen LogP contribution in [0.3, 0.4) is 0 Å². The first-order valence-electron chi connectivity index (χ1n) is 28.0. The second-order valence-corrected chi connectivity index (χ2v) is 25.8. The molecule has 29 atom stereocenters. The van der Waals surface area contributed by atoms with E-state index in [-0.39, 0.29) is 12.1 Å². The van der Waals surface area contributed by atoms with Gasteiger partial charge in [-0.1, -0.05) is 116 Å². The van der Waals surface area contributed by atoms with Gasteiger partial charge >= 0.3 is 5.97 Å². The van der Waals surface area contributed by atoms with Crippen molar-refractivity contribution in [2.75, 3.05) is 0 Å². The first-order chi connectivity index (χ1) is 32.1. The lowest BCUT2D eigenvalue weighted by atomic mass is 9.57. The number of esters is 1. The van der Waals surface area contributed by atoms with Gasteiger partial charge in [-0.25, -0.2) is 4.79 Å². The van der Waals surface area contributed by atoms with Gasteiger partial charge in [-0.3, -0.25) is 0 Å². The van der Waals surface area contributed by atoms with E-state index >= 15 is 0 Å². The van der Waals surface area contributed by atoms with Gasteiger partial charge in [-0.2, -0.15) is 0 Å². The molecule has 19 rings (SSSR count). The standard InChI is InChI=1S/C20H24.C15H18.C13H16O2.C10H12.C5H6/c1-2-11-12(3-1)14-7-13(11)19-15-8-16(20(14)19)18-10-5-4-9(6-10)17(15)18;1-2-10-11(3-1)13-7-12(10)14-8-4-5-9(6-8)15(13)14;1-2-13(14)15-12-7-8-6-11(12)10-5-3-4-9(8)10;1-2-9-7-4-5-8(6-7)10(9)3-1;1-2-4-5-3-1/h1-2,4-5,9-20H,3,6-8H2;1-2,4-5,8-15H,3,6-7H2;2-3,5,8-12H,1,4,6-7H2;1-2,4-5,7-10H,3,6H2;1-4H,5H2. The van der Waals surface area contributed by atoms with Gasteiger partial charge < -0.3 is 4.74 Å². The summed E-state index contributed by atoms with van der Waals surface area (Å²) in [5.74, 6) is 28.3. The predicted molar refractivity (Wildman–Crippen MR) is 260 cm³/mol. The largest absolute Gasteiger partial charge is 0.459 e. The quantitative estimate of drug-likeness (QED) is 0.120. The van der Waals surface area contributed by atoms with Crippen LogP contribution in [-0.4, -0.2) is 12.1 Å². The molecule has 0 saturated heterocycles. The van der Waals surface area contributed by atoms with E-state index in [9.17, 15) is 4.79 Å². The summed E-state index contributed by atoms with van der Waals surface area (Å²) >= 11 is 0. The van der Waals surface area contributed by atoms with E-state index < -0.39 is 0 Å². The van der Waals surface area contributed by atoms with E-state index in [0.29, 0.717) is 11.8 Å². The highest BCUT2D eigenvalue weighted by Gasteiger charge is 2.72. The number of carbonyl (C=O) groups is 1. The number of ether oxygens (including phenoxy) is 1. The molecule has 0 aliphatic heterocycles. The molecule has 29 unspecified atom stereocenters. The highest BCUT2D eigenvalue weighted by atomic mass is 16.5. The molecule has 11 fully saturated rings. The Labute approximate surface area is 391 Å². The molecule has 2 nitrogen and oxygen atoms in total. The molecule has 0 radical (unpaired) electrons. The zero-order chi connectivity index (χ0) is 42.7. The van der Waals surface area contributed by atoms with Crippen LogP contribution >= 0.6 is 0 Å². The fourth-order valence-corrected chi connectivity index (χ4v) is 22.9. The van der Waals surface area contributed by atoms with Crippen LogP contribution in [0.15, 0.2) is 122 Å². The van der Waals surface area contributed by atoms with Crippen LogP contribution < -0.4 is 0 Å². The Kier molecular flexibility index (Phi) is 9.30. The molecule has 0 aromatic heterocycles. The van der Waals surface area contributed by atoms with Crippen molar-refractivity contribution in [1.82, 2.24) is 0 Å². The molecule has 2 heteroatoms. The molecule has 19 aliphatic rings. The van der Waals surface area contributed by atoms with Crippen molar-refractivity contribution >= 4 is 5.97 Å². The Morgan fingerprint density at radius 1 is 0.385 bits per heavy atom. The fourth-order valence-electron chi connectivity index (χ4n) is 22.9. The molecule has 340 valence electrons. The molecule has 0 spiro atoms. The molecule has 0 N–H and O–H groups in total. The first kappa shape index (κ1) is 39.8. The maximum atomic E-state index is 11.2. The zero-order valence-electron chi connectivity index (χ0n) is 38.9. The summed E-state index contributed by atoms with van der Waals surface area (Å²) in [4.78, 5) is 11.2. The van der Waals surface area contributed by atoms with E-state index in [2.05, 4.69) is 116 Å². The van der Waals surface area contributed by atoms with E-state index in [0.717, 1.165) is 155 Å². The van der Waals surface area contributed by atoms with E-state index in [1.807, 2.05) is 0 Å². The monoisotopic (exact) mass is 865 g/mol. The Morgan fingerprint density at radius 2 is 0.846 bits per heavy atom. The van der Waals surface area contributed by atoms with Crippen molar-refractivity contribution in [2.24, 2.45) is 166 Å². The van der Waals surface area contributed by atoms with Gasteiger partial charge in [0.1, 0.15) is 6.10 Å². The number of rotatable bonds is 2. The zero-order valence-corrected chi connectivity index (χ0v) is 38.9. The minimum atomic E-state index is -0.258. The average molecular weight is 865 g/mol. The Hall–Kier alpha value is -3.13. The van der Waals surface area contributed by atoms with Crippen molar-refractivity contribution in [1.29, 1.82) is 0 Å². The van der Waals surface area contributed by atoms with Crippen molar-refractivity contribution in [2.45, 2.75) is 89.6 Å². The summed E-state index contributed by atoms with van der Waals surface area (Å²) in [6, 6.07) is 0. The second-order valence-electron chi connectivity index (χ2n) is 25.8. The van der Waals surface area contributed by atoms with Gasteiger partial charge in [0, 0.05) is 12.0 Å². The van der Waals surface area contributed by atoms with Crippen molar-refractivity contribution in [3.05, 3.63) is 122 Å². The Morgan fingerprint density at radius 3 is 1.45 bits per heavy atom. The average Bonchev–Trinajstić information content (AvgIpc) is 4.15. The molecule has 0 aromatic carbocycles. The van der Waals surface area contributed by atoms with Crippen LogP contribution in [-0.2, 0) is 9.53 Å². The van der Waals surface area contributed by atoms with Gasteiger partial charge in [0.2, 0.25) is 0 Å². The van der Waals surface area contributed by atoms with Gasteiger partial charge in [0.15, 0.2) is 0 Å².